The van der Waals surface area contributed by atoms with Crippen LogP contribution in [0.1, 0.15) is 55.3 Å². The van der Waals surface area contributed by atoms with Gasteiger partial charge < -0.3 is 5.32 Å². The zero-order valence-corrected chi connectivity index (χ0v) is 13.2. The van der Waals surface area contributed by atoms with E-state index in [9.17, 15) is 0 Å². The Bertz CT molecular complexity index is 442. The summed E-state index contributed by atoms with van der Waals surface area (Å²) in [6.07, 6.45) is 5.44. The lowest BCUT2D eigenvalue weighted by Gasteiger charge is -2.34. The molecule has 1 aromatic rings. The van der Waals surface area contributed by atoms with Gasteiger partial charge in [0.15, 0.2) is 0 Å². The quantitative estimate of drug-likeness (QED) is 0.905. The van der Waals surface area contributed by atoms with E-state index in [0.29, 0.717) is 6.04 Å². The average Bonchev–Trinajstić information content (AvgIpc) is 3.07. The molecule has 2 aliphatic rings. The van der Waals surface area contributed by atoms with Gasteiger partial charge in [-0.2, -0.15) is 0 Å². The molecule has 0 bridgehead atoms. The molecular weight excluding hydrogens is 244 g/mol. The van der Waals surface area contributed by atoms with Crippen LogP contribution in [0.25, 0.3) is 0 Å². The van der Waals surface area contributed by atoms with Crippen molar-refractivity contribution in [2.75, 3.05) is 13.1 Å². The van der Waals surface area contributed by atoms with Gasteiger partial charge in [0.05, 0.1) is 0 Å². The van der Waals surface area contributed by atoms with E-state index in [-0.39, 0.29) is 0 Å². The third-order valence-corrected chi connectivity index (χ3v) is 5.13. The summed E-state index contributed by atoms with van der Waals surface area (Å²) < 4.78 is 0. The second kappa shape index (κ2) is 5.87. The Labute approximate surface area is 123 Å². The lowest BCUT2D eigenvalue weighted by Crippen LogP contribution is -2.44. The van der Waals surface area contributed by atoms with Crippen LogP contribution in [0.2, 0.25) is 0 Å². The fourth-order valence-electron chi connectivity index (χ4n) is 4.21. The number of rotatable bonds is 3. The highest BCUT2D eigenvalue weighted by Gasteiger charge is 2.35. The Morgan fingerprint density at radius 1 is 1.10 bits per heavy atom. The molecule has 2 saturated heterocycles. The van der Waals surface area contributed by atoms with Gasteiger partial charge >= 0.3 is 0 Å². The molecule has 0 spiro atoms. The van der Waals surface area contributed by atoms with Crippen LogP contribution in [-0.4, -0.2) is 30.1 Å². The maximum Gasteiger partial charge on any atom is 0.0323 e. The second-order valence-electron chi connectivity index (χ2n) is 6.75. The molecule has 2 nitrogen and oxygen atoms in total. The van der Waals surface area contributed by atoms with Crippen LogP contribution in [0.3, 0.4) is 0 Å². The summed E-state index contributed by atoms with van der Waals surface area (Å²) in [5, 5.41) is 3.72. The van der Waals surface area contributed by atoms with Gasteiger partial charge in [0.2, 0.25) is 0 Å². The van der Waals surface area contributed by atoms with E-state index in [1.54, 1.807) is 0 Å². The van der Waals surface area contributed by atoms with Crippen LogP contribution in [0, 0.1) is 13.8 Å². The van der Waals surface area contributed by atoms with Gasteiger partial charge in [-0.05, 0) is 65.1 Å². The van der Waals surface area contributed by atoms with Crippen LogP contribution in [0.5, 0.6) is 0 Å². The highest BCUT2D eigenvalue weighted by Crippen LogP contribution is 2.33. The summed E-state index contributed by atoms with van der Waals surface area (Å²) in [7, 11) is 0. The van der Waals surface area contributed by atoms with E-state index in [0.717, 1.165) is 12.1 Å². The molecule has 0 amide bonds. The molecule has 0 aromatic heterocycles. The molecule has 3 rings (SSSR count). The topological polar surface area (TPSA) is 15.3 Å². The normalized spacial score (nSPS) is 28.9. The number of aryl methyl sites for hydroxylation is 2. The Kier molecular flexibility index (Phi) is 4.13. The summed E-state index contributed by atoms with van der Waals surface area (Å²) in [4.78, 5) is 2.75. The molecule has 1 N–H and O–H groups in total. The predicted molar refractivity (Wildman–Crippen MR) is 85.1 cm³/mol. The minimum Gasteiger partial charge on any atom is -0.312 e. The van der Waals surface area contributed by atoms with E-state index in [2.05, 4.69) is 49.2 Å². The molecule has 3 atom stereocenters. The Hall–Kier alpha value is -0.860. The Morgan fingerprint density at radius 3 is 2.50 bits per heavy atom. The monoisotopic (exact) mass is 272 g/mol. The van der Waals surface area contributed by atoms with Crippen molar-refractivity contribution in [3.05, 3.63) is 34.9 Å². The summed E-state index contributed by atoms with van der Waals surface area (Å²) in [5.41, 5.74) is 4.27. The van der Waals surface area contributed by atoms with Crippen molar-refractivity contribution in [3.63, 3.8) is 0 Å². The molecule has 2 heteroatoms. The fourth-order valence-corrected chi connectivity index (χ4v) is 4.21. The third kappa shape index (κ3) is 2.77. The van der Waals surface area contributed by atoms with Crippen molar-refractivity contribution in [3.8, 4) is 0 Å². The van der Waals surface area contributed by atoms with Crippen molar-refractivity contribution in [1.82, 2.24) is 10.2 Å². The Morgan fingerprint density at radius 2 is 1.85 bits per heavy atom. The van der Waals surface area contributed by atoms with Gasteiger partial charge in [0.25, 0.3) is 0 Å². The first kappa shape index (κ1) is 14.1. The maximum absolute atomic E-state index is 3.72. The van der Waals surface area contributed by atoms with Crippen LogP contribution in [-0.2, 0) is 0 Å². The smallest absolute Gasteiger partial charge is 0.0323 e. The molecular formula is C18H28N2. The van der Waals surface area contributed by atoms with Gasteiger partial charge in [-0.15, -0.1) is 0 Å². The first-order valence-electron chi connectivity index (χ1n) is 8.22. The molecule has 1 aromatic carbocycles. The predicted octanol–water partition coefficient (Wildman–Crippen LogP) is 3.58. The molecule has 2 heterocycles. The largest absolute Gasteiger partial charge is 0.312 e. The first-order valence-corrected chi connectivity index (χ1v) is 8.22. The third-order valence-electron chi connectivity index (χ3n) is 5.13. The highest BCUT2D eigenvalue weighted by atomic mass is 15.2. The van der Waals surface area contributed by atoms with Gasteiger partial charge in [-0.1, -0.05) is 29.3 Å². The molecule has 110 valence electrons. The van der Waals surface area contributed by atoms with Crippen molar-refractivity contribution >= 4 is 0 Å². The summed E-state index contributed by atoms with van der Waals surface area (Å²) in [6.45, 7) is 9.29. The minimum absolute atomic E-state index is 0.545. The number of hydrogen-bond acceptors (Lipinski definition) is 2. The molecule has 2 aliphatic heterocycles. The van der Waals surface area contributed by atoms with Crippen LogP contribution < -0.4 is 5.32 Å². The highest BCUT2D eigenvalue weighted by molar-refractivity contribution is 5.30. The molecule has 0 radical (unpaired) electrons. The van der Waals surface area contributed by atoms with Crippen LogP contribution >= 0.6 is 0 Å². The summed E-state index contributed by atoms with van der Waals surface area (Å²) in [5.74, 6) is 0. The lowest BCUT2D eigenvalue weighted by atomic mass is 9.98. The summed E-state index contributed by atoms with van der Waals surface area (Å²) in [6, 6.07) is 9.03. The zero-order chi connectivity index (χ0) is 14.1. The van der Waals surface area contributed by atoms with Crippen LogP contribution in [0.4, 0.5) is 0 Å². The summed E-state index contributed by atoms with van der Waals surface area (Å²) >= 11 is 0. The molecule has 0 saturated carbocycles. The van der Waals surface area contributed by atoms with Crippen LogP contribution in [0.15, 0.2) is 18.2 Å². The van der Waals surface area contributed by atoms with Crippen molar-refractivity contribution in [2.45, 2.75) is 64.6 Å². The maximum atomic E-state index is 3.72. The molecule has 20 heavy (non-hydrogen) atoms. The number of hydrogen-bond donors (Lipinski definition) is 1. The van der Waals surface area contributed by atoms with Crippen molar-refractivity contribution < 1.29 is 0 Å². The van der Waals surface area contributed by atoms with E-state index >= 15 is 0 Å². The first-order chi connectivity index (χ1) is 9.65. The second-order valence-corrected chi connectivity index (χ2v) is 6.75. The number of likely N-dealkylation sites (tertiary alicyclic amines) is 1. The van der Waals surface area contributed by atoms with Gasteiger partial charge in [-0.3, -0.25) is 4.90 Å². The molecule has 0 aliphatic carbocycles. The van der Waals surface area contributed by atoms with Gasteiger partial charge in [-0.25, -0.2) is 0 Å². The van der Waals surface area contributed by atoms with Crippen molar-refractivity contribution in [2.24, 2.45) is 0 Å². The average molecular weight is 272 g/mol. The Balaban J connectivity index is 1.79. The standard InChI is InChI=1S/C18H28N2/c1-13-10-14(2)12-16(11-13)15(3)20-9-5-7-18(20)17-6-4-8-19-17/h10-12,15,17-19H,4-9H2,1-3H3. The van der Waals surface area contributed by atoms with E-state index in [1.807, 2.05) is 0 Å². The SMILES string of the molecule is Cc1cc(C)cc(C(C)N2CCCC2C2CCCN2)c1. The minimum atomic E-state index is 0.545. The number of nitrogens with one attached hydrogen (secondary N) is 1. The van der Waals surface area contributed by atoms with E-state index < -0.39 is 0 Å². The van der Waals surface area contributed by atoms with Gasteiger partial charge in [0, 0.05) is 18.1 Å². The van der Waals surface area contributed by atoms with Crippen molar-refractivity contribution in [1.29, 1.82) is 0 Å². The number of benzene rings is 1. The van der Waals surface area contributed by atoms with E-state index in [1.165, 1.54) is 55.5 Å². The molecule has 2 fully saturated rings. The zero-order valence-electron chi connectivity index (χ0n) is 13.2. The molecule has 3 unspecified atom stereocenters. The number of nitrogens with zero attached hydrogens (tertiary/aromatic N) is 1. The fraction of sp³-hybridized carbons (Fsp3) is 0.667. The van der Waals surface area contributed by atoms with E-state index in [4.69, 9.17) is 0 Å². The lowest BCUT2D eigenvalue weighted by molar-refractivity contribution is 0.163. The van der Waals surface area contributed by atoms with Gasteiger partial charge in [0.1, 0.15) is 0 Å².